The molecule has 1 aliphatic carbocycles. The second kappa shape index (κ2) is 7.89. The van der Waals surface area contributed by atoms with Gasteiger partial charge in [0.1, 0.15) is 5.00 Å². The van der Waals surface area contributed by atoms with Gasteiger partial charge in [0, 0.05) is 22.8 Å². The van der Waals surface area contributed by atoms with Crippen molar-refractivity contribution in [3.8, 4) is 0 Å². The maximum Gasteiger partial charge on any atom is 0.341 e. The summed E-state index contributed by atoms with van der Waals surface area (Å²) in [7, 11) is 0. The van der Waals surface area contributed by atoms with Crippen LogP contribution in [0.5, 0.6) is 0 Å². The zero-order valence-electron chi connectivity index (χ0n) is 13.7. The van der Waals surface area contributed by atoms with Gasteiger partial charge in [0.05, 0.1) is 18.4 Å². The summed E-state index contributed by atoms with van der Waals surface area (Å²) in [5, 5.41) is 7.09. The van der Waals surface area contributed by atoms with E-state index >= 15 is 0 Å². The first-order valence-electron chi connectivity index (χ1n) is 8.00. The van der Waals surface area contributed by atoms with E-state index < -0.39 is 12.0 Å². The van der Waals surface area contributed by atoms with Crippen molar-refractivity contribution in [3.05, 3.63) is 46.1 Å². The summed E-state index contributed by atoms with van der Waals surface area (Å²) in [6, 6.07) is 3.09. The Morgan fingerprint density at radius 3 is 3.08 bits per heavy atom. The molecule has 0 bridgehead atoms. The third-order valence-electron chi connectivity index (χ3n) is 3.69. The van der Waals surface area contributed by atoms with Crippen LogP contribution in [0.4, 0.5) is 9.80 Å². The number of nitrogens with zero attached hydrogens (tertiary/aromatic N) is 2. The number of rotatable bonds is 5. The number of nitrogens with one attached hydrogen (secondary N) is 2. The first-order valence-corrected chi connectivity index (χ1v) is 8.82. The minimum atomic E-state index is -0.509. The van der Waals surface area contributed by atoms with Gasteiger partial charge in [0.2, 0.25) is 0 Å². The molecule has 2 heterocycles. The van der Waals surface area contributed by atoms with Crippen molar-refractivity contribution >= 4 is 34.6 Å². The molecule has 7 nitrogen and oxygen atoms in total. The average molecular weight is 358 g/mol. The fourth-order valence-corrected chi connectivity index (χ4v) is 3.93. The summed E-state index contributed by atoms with van der Waals surface area (Å²) in [4.78, 5) is 29.4. The van der Waals surface area contributed by atoms with E-state index in [-0.39, 0.29) is 0 Å². The number of anilines is 1. The molecule has 2 amide bonds. The van der Waals surface area contributed by atoms with E-state index in [0.29, 0.717) is 17.2 Å². The Bertz CT molecular complexity index is 802. The van der Waals surface area contributed by atoms with Crippen LogP contribution >= 0.6 is 11.3 Å². The summed E-state index contributed by atoms with van der Waals surface area (Å²) >= 11 is 1.43. The van der Waals surface area contributed by atoms with Crippen LogP contribution in [0.25, 0.3) is 0 Å². The molecule has 130 valence electrons. The first kappa shape index (κ1) is 17.1. The number of ether oxygens (including phenoxy) is 1. The Hall–Kier alpha value is -2.74. The molecule has 3 rings (SSSR count). The van der Waals surface area contributed by atoms with Gasteiger partial charge in [0.25, 0.3) is 0 Å². The lowest BCUT2D eigenvalue weighted by Crippen LogP contribution is -2.25. The SMILES string of the molecule is CCOC(=O)c1c(NC(=O)NN=Cc2cccnc2)sc2c1CCC2. The molecular weight excluding hydrogens is 340 g/mol. The normalized spacial score (nSPS) is 12.8. The molecule has 0 aromatic carbocycles. The number of aryl methyl sites for hydroxylation is 1. The van der Waals surface area contributed by atoms with Crippen molar-refractivity contribution in [2.24, 2.45) is 5.10 Å². The second-order valence-corrected chi connectivity index (χ2v) is 6.50. The topological polar surface area (TPSA) is 92.7 Å². The Balaban J connectivity index is 1.69. The van der Waals surface area contributed by atoms with Crippen LogP contribution in [-0.2, 0) is 17.6 Å². The highest BCUT2D eigenvalue weighted by Gasteiger charge is 2.28. The van der Waals surface area contributed by atoms with Crippen LogP contribution in [0.1, 0.15) is 39.7 Å². The maximum atomic E-state index is 12.2. The Morgan fingerprint density at radius 2 is 2.32 bits per heavy atom. The van der Waals surface area contributed by atoms with Gasteiger partial charge in [-0.25, -0.2) is 15.0 Å². The summed E-state index contributed by atoms with van der Waals surface area (Å²) in [6.07, 6.45) is 7.57. The van der Waals surface area contributed by atoms with Gasteiger partial charge in [0.15, 0.2) is 0 Å². The molecule has 0 fully saturated rings. The molecule has 0 saturated heterocycles. The van der Waals surface area contributed by atoms with Gasteiger partial charge in [-0.3, -0.25) is 10.3 Å². The van der Waals surface area contributed by atoms with Gasteiger partial charge < -0.3 is 4.74 Å². The number of hydrogen-bond acceptors (Lipinski definition) is 6. The fourth-order valence-electron chi connectivity index (χ4n) is 2.66. The molecule has 8 heteroatoms. The molecule has 1 aliphatic rings. The third kappa shape index (κ3) is 4.03. The standard InChI is InChI=1S/C17H18N4O3S/c1-2-24-16(22)14-12-6-3-7-13(12)25-15(14)20-17(23)21-19-10-11-5-4-8-18-9-11/h4-5,8-10H,2-3,6-7H2,1H3,(H2,20,21,23). The highest BCUT2D eigenvalue weighted by atomic mass is 32.1. The molecule has 0 radical (unpaired) electrons. The van der Waals surface area contributed by atoms with Crippen LogP contribution in [0.3, 0.4) is 0 Å². The van der Waals surface area contributed by atoms with Crippen molar-refractivity contribution in [1.82, 2.24) is 10.4 Å². The summed E-state index contributed by atoms with van der Waals surface area (Å²) in [6.45, 7) is 2.06. The molecule has 0 unspecified atom stereocenters. The fraction of sp³-hybridized carbons (Fsp3) is 0.294. The van der Waals surface area contributed by atoms with E-state index in [2.05, 4.69) is 20.8 Å². The summed E-state index contributed by atoms with van der Waals surface area (Å²) in [5.41, 5.74) is 4.63. The van der Waals surface area contributed by atoms with Crippen LogP contribution in [-0.4, -0.2) is 29.8 Å². The number of carbonyl (C=O) groups is 2. The molecule has 2 aromatic heterocycles. The predicted octanol–water partition coefficient (Wildman–Crippen LogP) is 2.96. The Labute approximate surface area is 149 Å². The van der Waals surface area contributed by atoms with Crippen LogP contribution < -0.4 is 10.7 Å². The lowest BCUT2D eigenvalue weighted by molar-refractivity contribution is 0.0527. The molecule has 0 aliphatic heterocycles. The van der Waals surface area contributed by atoms with Crippen molar-refractivity contribution in [3.63, 3.8) is 0 Å². The molecular formula is C17H18N4O3S. The van der Waals surface area contributed by atoms with Gasteiger partial charge >= 0.3 is 12.0 Å². The number of pyridine rings is 1. The van der Waals surface area contributed by atoms with E-state index in [4.69, 9.17) is 4.74 Å². The van der Waals surface area contributed by atoms with E-state index in [1.54, 1.807) is 25.4 Å². The number of aromatic nitrogens is 1. The number of amides is 2. The van der Waals surface area contributed by atoms with Crippen molar-refractivity contribution in [2.45, 2.75) is 26.2 Å². The minimum absolute atomic E-state index is 0.296. The number of hydrogen-bond donors (Lipinski definition) is 2. The Morgan fingerprint density at radius 1 is 1.44 bits per heavy atom. The smallest absolute Gasteiger partial charge is 0.341 e. The lowest BCUT2D eigenvalue weighted by atomic mass is 10.1. The zero-order chi connectivity index (χ0) is 17.6. The van der Waals surface area contributed by atoms with Crippen molar-refractivity contribution in [2.75, 3.05) is 11.9 Å². The number of esters is 1. The van der Waals surface area contributed by atoms with Gasteiger partial charge in [-0.05, 0) is 37.8 Å². The molecule has 25 heavy (non-hydrogen) atoms. The molecule has 0 spiro atoms. The van der Waals surface area contributed by atoms with Gasteiger partial charge in [-0.1, -0.05) is 6.07 Å². The number of hydrazone groups is 1. The number of urea groups is 1. The Kier molecular flexibility index (Phi) is 5.39. The molecule has 2 N–H and O–H groups in total. The van der Waals surface area contributed by atoms with E-state index in [1.165, 1.54) is 17.6 Å². The van der Waals surface area contributed by atoms with E-state index in [1.807, 2.05) is 6.07 Å². The highest BCUT2D eigenvalue weighted by molar-refractivity contribution is 7.17. The molecule has 2 aromatic rings. The van der Waals surface area contributed by atoms with E-state index in [9.17, 15) is 9.59 Å². The average Bonchev–Trinajstić information content (AvgIpc) is 3.16. The lowest BCUT2D eigenvalue weighted by Gasteiger charge is -2.07. The largest absolute Gasteiger partial charge is 0.462 e. The van der Waals surface area contributed by atoms with Crippen molar-refractivity contribution in [1.29, 1.82) is 0 Å². The van der Waals surface area contributed by atoms with E-state index in [0.717, 1.165) is 35.3 Å². The number of carbonyl (C=O) groups excluding carboxylic acids is 2. The van der Waals surface area contributed by atoms with Gasteiger partial charge in [-0.2, -0.15) is 5.10 Å². The molecule has 0 atom stereocenters. The summed E-state index contributed by atoms with van der Waals surface area (Å²) in [5.74, 6) is -0.393. The second-order valence-electron chi connectivity index (χ2n) is 5.39. The summed E-state index contributed by atoms with van der Waals surface area (Å²) < 4.78 is 5.13. The third-order valence-corrected chi connectivity index (χ3v) is 4.90. The van der Waals surface area contributed by atoms with Crippen molar-refractivity contribution < 1.29 is 14.3 Å². The maximum absolute atomic E-state index is 12.2. The number of thiophene rings is 1. The van der Waals surface area contributed by atoms with Crippen LogP contribution in [0.2, 0.25) is 0 Å². The predicted molar refractivity (Wildman–Crippen MR) is 96.3 cm³/mol. The van der Waals surface area contributed by atoms with Gasteiger partial charge in [-0.15, -0.1) is 11.3 Å². The minimum Gasteiger partial charge on any atom is -0.462 e. The number of fused-ring (bicyclic) bond motifs is 1. The zero-order valence-corrected chi connectivity index (χ0v) is 14.6. The monoisotopic (exact) mass is 358 g/mol. The molecule has 0 saturated carbocycles. The highest BCUT2D eigenvalue weighted by Crippen LogP contribution is 2.39. The quantitative estimate of drug-likeness (QED) is 0.488. The van der Waals surface area contributed by atoms with Crippen LogP contribution in [0.15, 0.2) is 29.6 Å². The first-order chi connectivity index (χ1) is 12.2. The van der Waals surface area contributed by atoms with Crippen LogP contribution in [0, 0.1) is 0 Å².